The number of amides is 1. The molecule has 0 aliphatic heterocycles. The summed E-state index contributed by atoms with van der Waals surface area (Å²) < 4.78 is 0. The second-order valence-corrected chi connectivity index (χ2v) is 4.08. The van der Waals surface area contributed by atoms with Crippen LogP contribution in [0.25, 0.3) is 0 Å². The number of phenolic OH excluding ortho intramolecular Hbond substituents is 1. The van der Waals surface area contributed by atoms with Crippen LogP contribution in [0.15, 0.2) is 18.2 Å². The molecule has 0 saturated carbocycles. The van der Waals surface area contributed by atoms with E-state index in [-0.39, 0.29) is 23.3 Å². The molecule has 4 nitrogen and oxygen atoms in total. The van der Waals surface area contributed by atoms with Crippen molar-refractivity contribution < 1.29 is 15.0 Å². The molecule has 1 aromatic rings. The van der Waals surface area contributed by atoms with Crippen LogP contribution >= 0.6 is 0 Å². The molecule has 94 valence electrons. The maximum absolute atomic E-state index is 11.7. The number of rotatable bonds is 5. The highest BCUT2D eigenvalue weighted by atomic mass is 16.3. The third-order valence-electron chi connectivity index (χ3n) is 2.72. The van der Waals surface area contributed by atoms with Gasteiger partial charge in [0.1, 0.15) is 5.75 Å². The molecule has 0 fully saturated rings. The number of aryl methyl sites for hydroxylation is 1. The lowest BCUT2D eigenvalue weighted by atomic mass is 10.1. The Morgan fingerprint density at radius 3 is 2.82 bits per heavy atom. The minimum absolute atomic E-state index is 0.0149. The van der Waals surface area contributed by atoms with Gasteiger partial charge in [0.25, 0.3) is 5.91 Å². The van der Waals surface area contributed by atoms with Crippen molar-refractivity contribution in [3.63, 3.8) is 0 Å². The molecule has 1 aromatic carbocycles. The van der Waals surface area contributed by atoms with Crippen molar-refractivity contribution in [3.05, 3.63) is 29.3 Å². The zero-order chi connectivity index (χ0) is 12.8. The minimum atomic E-state index is -0.388. The molecule has 1 amide bonds. The fourth-order valence-electron chi connectivity index (χ4n) is 1.49. The molecule has 4 heteroatoms. The van der Waals surface area contributed by atoms with Gasteiger partial charge in [-0.05, 0) is 31.4 Å². The van der Waals surface area contributed by atoms with Gasteiger partial charge in [0.15, 0.2) is 0 Å². The summed E-state index contributed by atoms with van der Waals surface area (Å²) in [5.74, 6) is -0.296. The summed E-state index contributed by atoms with van der Waals surface area (Å²) in [6.45, 7) is 4.03. The van der Waals surface area contributed by atoms with Crippen molar-refractivity contribution in [2.45, 2.75) is 32.8 Å². The van der Waals surface area contributed by atoms with E-state index < -0.39 is 0 Å². The van der Waals surface area contributed by atoms with Gasteiger partial charge in [-0.3, -0.25) is 4.79 Å². The SMILES string of the molecule is CCC(O)CCNC(=O)c1cccc(C)c1O. The summed E-state index contributed by atoms with van der Waals surface area (Å²) in [6, 6.07) is 5.05. The normalized spacial score (nSPS) is 12.2. The van der Waals surface area contributed by atoms with E-state index in [0.717, 1.165) is 0 Å². The number of nitrogens with one attached hydrogen (secondary N) is 1. The summed E-state index contributed by atoms with van der Waals surface area (Å²) in [5.41, 5.74) is 0.947. The number of para-hydroxylation sites is 1. The quantitative estimate of drug-likeness (QED) is 0.728. The highest BCUT2D eigenvalue weighted by Crippen LogP contribution is 2.20. The Labute approximate surface area is 101 Å². The van der Waals surface area contributed by atoms with Crippen LogP contribution in [0.1, 0.15) is 35.7 Å². The summed E-state index contributed by atoms with van der Waals surface area (Å²) >= 11 is 0. The molecule has 0 heterocycles. The average Bonchev–Trinajstić information content (AvgIpc) is 2.32. The number of hydrogen-bond donors (Lipinski definition) is 3. The summed E-state index contributed by atoms with van der Waals surface area (Å²) in [5, 5.41) is 21.7. The molecule has 3 N–H and O–H groups in total. The number of aliphatic hydroxyl groups excluding tert-OH is 1. The summed E-state index contributed by atoms with van der Waals surface area (Å²) in [4.78, 5) is 11.7. The third-order valence-corrected chi connectivity index (χ3v) is 2.72. The molecule has 1 unspecified atom stereocenters. The van der Waals surface area contributed by atoms with E-state index in [1.165, 1.54) is 0 Å². The number of aromatic hydroxyl groups is 1. The van der Waals surface area contributed by atoms with Crippen LogP contribution in [0.5, 0.6) is 5.75 Å². The molecular formula is C13H19NO3. The summed E-state index contributed by atoms with van der Waals surface area (Å²) in [6.07, 6.45) is 0.807. The highest BCUT2D eigenvalue weighted by molar-refractivity contribution is 5.97. The fourth-order valence-corrected chi connectivity index (χ4v) is 1.49. The number of hydrogen-bond acceptors (Lipinski definition) is 3. The predicted molar refractivity (Wildman–Crippen MR) is 66.1 cm³/mol. The molecule has 1 rings (SSSR count). The first kappa shape index (κ1) is 13.5. The molecule has 0 aliphatic rings. The fraction of sp³-hybridized carbons (Fsp3) is 0.462. The molecule has 17 heavy (non-hydrogen) atoms. The van der Waals surface area contributed by atoms with Crippen LogP contribution in [0, 0.1) is 6.92 Å². The topological polar surface area (TPSA) is 69.6 Å². The Balaban J connectivity index is 2.56. The Bertz CT molecular complexity index is 390. The third kappa shape index (κ3) is 3.75. The van der Waals surface area contributed by atoms with Crippen molar-refractivity contribution in [2.75, 3.05) is 6.54 Å². The number of phenols is 1. The van der Waals surface area contributed by atoms with Gasteiger partial charge in [0.05, 0.1) is 11.7 Å². The van der Waals surface area contributed by atoms with Crippen molar-refractivity contribution in [3.8, 4) is 5.75 Å². The minimum Gasteiger partial charge on any atom is -0.507 e. The van der Waals surface area contributed by atoms with Gasteiger partial charge in [0, 0.05) is 6.54 Å². The maximum Gasteiger partial charge on any atom is 0.255 e. The maximum atomic E-state index is 11.7. The first-order valence-electron chi connectivity index (χ1n) is 5.81. The van der Waals surface area contributed by atoms with Crippen molar-refractivity contribution in [1.29, 1.82) is 0 Å². The molecular weight excluding hydrogens is 218 g/mol. The van der Waals surface area contributed by atoms with E-state index in [1.54, 1.807) is 25.1 Å². The van der Waals surface area contributed by atoms with Crippen LogP contribution in [0.3, 0.4) is 0 Å². The number of aliphatic hydroxyl groups is 1. The number of carbonyl (C=O) groups excluding carboxylic acids is 1. The van der Waals surface area contributed by atoms with Gasteiger partial charge < -0.3 is 15.5 Å². The second kappa shape index (κ2) is 6.25. The first-order chi connectivity index (χ1) is 8.06. The largest absolute Gasteiger partial charge is 0.507 e. The Morgan fingerprint density at radius 1 is 1.47 bits per heavy atom. The number of benzene rings is 1. The van der Waals surface area contributed by atoms with E-state index >= 15 is 0 Å². The second-order valence-electron chi connectivity index (χ2n) is 4.08. The van der Waals surface area contributed by atoms with Gasteiger partial charge in [-0.2, -0.15) is 0 Å². The average molecular weight is 237 g/mol. The van der Waals surface area contributed by atoms with Crippen molar-refractivity contribution in [2.24, 2.45) is 0 Å². The molecule has 1 atom stereocenters. The van der Waals surface area contributed by atoms with E-state index in [9.17, 15) is 15.0 Å². The monoisotopic (exact) mass is 237 g/mol. The highest BCUT2D eigenvalue weighted by Gasteiger charge is 2.12. The van der Waals surface area contributed by atoms with E-state index in [2.05, 4.69) is 5.32 Å². The lowest BCUT2D eigenvalue weighted by Gasteiger charge is -2.10. The first-order valence-corrected chi connectivity index (χ1v) is 5.81. The Hall–Kier alpha value is -1.55. The predicted octanol–water partition coefficient (Wildman–Crippen LogP) is 1.59. The molecule has 0 saturated heterocycles. The lowest BCUT2D eigenvalue weighted by molar-refractivity contribution is 0.0939. The van der Waals surface area contributed by atoms with Crippen LogP contribution < -0.4 is 5.32 Å². The Morgan fingerprint density at radius 2 is 2.18 bits per heavy atom. The van der Waals surface area contributed by atoms with Crippen LogP contribution in [-0.2, 0) is 0 Å². The van der Waals surface area contributed by atoms with Crippen molar-refractivity contribution in [1.82, 2.24) is 5.32 Å². The molecule has 0 aliphatic carbocycles. The van der Waals surface area contributed by atoms with Gasteiger partial charge in [-0.1, -0.05) is 19.1 Å². The Kier molecular flexibility index (Phi) is 4.97. The van der Waals surface area contributed by atoms with Gasteiger partial charge in [-0.25, -0.2) is 0 Å². The zero-order valence-corrected chi connectivity index (χ0v) is 10.2. The standard InChI is InChI=1S/C13H19NO3/c1-3-10(15)7-8-14-13(17)11-6-4-5-9(2)12(11)16/h4-6,10,15-16H,3,7-8H2,1-2H3,(H,14,17). The van der Waals surface area contributed by atoms with E-state index in [0.29, 0.717) is 24.9 Å². The van der Waals surface area contributed by atoms with Crippen LogP contribution in [-0.4, -0.2) is 28.8 Å². The zero-order valence-electron chi connectivity index (χ0n) is 10.2. The smallest absolute Gasteiger partial charge is 0.255 e. The van der Waals surface area contributed by atoms with Gasteiger partial charge in [0.2, 0.25) is 0 Å². The van der Waals surface area contributed by atoms with E-state index in [1.807, 2.05) is 6.92 Å². The van der Waals surface area contributed by atoms with Gasteiger partial charge >= 0.3 is 0 Å². The molecule has 0 radical (unpaired) electrons. The van der Waals surface area contributed by atoms with E-state index in [4.69, 9.17) is 0 Å². The molecule has 0 aromatic heterocycles. The number of carbonyl (C=O) groups is 1. The van der Waals surface area contributed by atoms with Crippen LogP contribution in [0.4, 0.5) is 0 Å². The lowest BCUT2D eigenvalue weighted by Crippen LogP contribution is -2.27. The van der Waals surface area contributed by atoms with Crippen LogP contribution in [0.2, 0.25) is 0 Å². The molecule has 0 spiro atoms. The summed E-state index contributed by atoms with van der Waals surface area (Å²) in [7, 11) is 0. The van der Waals surface area contributed by atoms with Gasteiger partial charge in [-0.15, -0.1) is 0 Å². The molecule has 0 bridgehead atoms. The van der Waals surface area contributed by atoms with Crippen molar-refractivity contribution >= 4 is 5.91 Å².